The zero-order valence-electron chi connectivity index (χ0n) is 22.0. The van der Waals surface area contributed by atoms with E-state index in [0.29, 0.717) is 23.4 Å². The number of amides is 3. The van der Waals surface area contributed by atoms with Crippen LogP contribution in [0.2, 0.25) is 5.02 Å². The molecule has 0 atom stereocenters. The lowest BCUT2D eigenvalue weighted by Crippen LogP contribution is -2.41. The fraction of sp³-hybridized carbons (Fsp3) is 0.214. The number of hydrazone groups is 1. The quantitative estimate of drug-likeness (QED) is 0.238. The Morgan fingerprint density at radius 3 is 2.54 bits per heavy atom. The molecule has 0 aliphatic rings. The van der Waals surface area contributed by atoms with Gasteiger partial charge in [-0.1, -0.05) is 23.6 Å². The normalized spacial score (nSPS) is 10.8. The van der Waals surface area contributed by atoms with Gasteiger partial charge in [0.1, 0.15) is 17.4 Å². The van der Waals surface area contributed by atoms with Crippen LogP contribution in [0.25, 0.3) is 0 Å². The van der Waals surface area contributed by atoms with Crippen LogP contribution in [0.1, 0.15) is 21.5 Å². The Hall–Kier alpha value is -4.46. The van der Waals surface area contributed by atoms with Gasteiger partial charge >= 0.3 is 6.03 Å². The van der Waals surface area contributed by atoms with Crippen LogP contribution in [0.4, 0.5) is 20.7 Å². The van der Waals surface area contributed by atoms with Crippen molar-refractivity contribution in [3.63, 3.8) is 0 Å². The highest BCUT2D eigenvalue weighted by Gasteiger charge is 2.27. The smallest absolute Gasteiger partial charge is 0.334 e. The maximum atomic E-state index is 15.0. The lowest BCUT2D eigenvalue weighted by Gasteiger charge is -2.21. The number of nitrogens with one attached hydrogen (secondary N) is 1. The van der Waals surface area contributed by atoms with Gasteiger partial charge in [-0.3, -0.25) is 9.80 Å². The van der Waals surface area contributed by atoms with Crippen molar-refractivity contribution in [2.24, 2.45) is 5.10 Å². The molecule has 0 bridgehead atoms. The van der Waals surface area contributed by atoms with Gasteiger partial charge in [0.2, 0.25) is 0 Å². The van der Waals surface area contributed by atoms with Crippen molar-refractivity contribution < 1.29 is 18.7 Å². The van der Waals surface area contributed by atoms with E-state index in [9.17, 15) is 14.0 Å². The molecule has 11 heteroatoms. The average molecular weight is 551 g/mol. The maximum absolute atomic E-state index is 15.0. The van der Waals surface area contributed by atoms with Gasteiger partial charge in [-0.2, -0.15) is 5.10 Å². The van der Waals surface area contributed by atoms with Crippen LogP contribution in [0, 0.1) is 18.2 Å². The molecule has 2 aromatic carbocycles. The van der Waals surface area contributed by atoms with E-state index >= 15 is 0 Å². The fourth-order valence-corrected chi connectivity index (χ4v) is 3.51. The summed E-state index contributed by atoms with van der Waals surface area (Å²) >= 11 is 6.13. The molecule has 1 heterocycles. The highest BCUT2D eigenvalue weighted by Crippen LogP contribution is 2.25. The van der Waals surface area contributed by atoms with Gasteiger partial charge < -0.3 is 15.0 Å². The minimum atomic E-state index is -0.941. The van der Waals surface area contributed by atoms with E-state index in [1.54, 1.807) is 11.1 Å². The number of hydrogen-bond acceptors (Lipinski definition) is 7. The molecule has 3 amide bonds. The Kier molecular flexibility index (Phi) is 9.98. The molecule has 0 unspecified atom stereocenters. The van der Waals surface area contributed by atoms with Crippen molar-refractivity contribution in [1.82, 2.24) is 14.9 Å². The van der Waals surface area contributed by atoms with Crippen molar-refractivity contribution in [3.05, 3.63) is 82.3 Å². The van der Waals surface area contributed by atoms with Gasteiger partial charge in [-0.15, -0.1) is 6.42 Å². The summed E-state index contributed by atoms with van der Waals surface area (Å²) < 4.78 is 20.1. The summed E-state index contributed by atoms with van der Waals surface area (Å²) in [7, 11) is 7.16. The molecule has 9 nitrogen and oxygen atoms in total. The Balaban J connectivity index is 1.87. The molecule has 0 fully saturated rings. The van der Waals surface area contributed by atoms with E-state index < -0.39 is 17.8 Å². The second-order valence-electron chi connectivity index (χ2n) is 8.67. The molecule has 1 aromatic heterocycles. The third-order valence-corrected chi connectivity index (χ3v) is 5.63. The van der Waals surface area contributed by atoms with Crippen LogP contribution in [-0.2, 0) is 0 Å². The number of ether oxygens (including phenoxy) is 1. The van der Waals surface area contributed by atoms with E-state index in [1.165, 1.54) is 62.0 Å². The number of likely N-dealkylation sites (N-methyl/N-ethyl adjacent to an activating group) is 2. The number of aromatic nitrogens is 1. The summed E-state index contributed by atoms with van der Waals surface area (Å²) in [6.07, 6.45) is 8.25. The van der Waals surface area contributed by atoms with E-state index in [-0.39, 0.29) is 22.1 Å². The monoisotopic (exact) mass is 550 g/mol. The summed E-state index contributed by atoms with van der Waals surface area (Å²) in [5, 5.41) is 8.69. The van der Waals surface area contributed by atoms with E-state index in [2.05, 4.69) is 21.3 Å². The molecular weight excluding hydrogens is 523 g/mol. The van der Waals surface area contributed by atoms with Crippen LogP contribution in [0.3, 0.4) is 0 Å². The molecule has 0 saturated carbocycles. The number of benzene rings is 2. The summed E-state index contributed by atoms with van der Waals surface area (Å²) in [6, 6.07) is 10.5. The van der Waals surface area contributed by atoms with Crippen LogP contribution in [0.5, 0.6) is 5.75 Å². The first-order valence-corrected chi connectivity index (χ1v) is 12.1. The third-order valence-electron chi connectivity index (χ3n) is 5.41. The zero-order chi connectivity index (χ0) is 28.5. The number of anilines is 2. The van der Waals surface area contributed by atoms with E-state index in [4.69, 9.17) is 22.8 Å². The van der Waals surface area contributed by atoms with Crippen molar-refractivity contribution in [2.75, 3.05) is 51.6 Å². The summed E-state index contributed by atoms with van der Waals surface area (Å²) in [4.78, 5) is 33.8. The number of nitrogens with zero attached hydrogens (tertiary/aromatic N) is 5. The molecule has 3 rings (SSSR count). The van der Waals surface area contributed by atoms with Gasteiger partial charge in [-0.05, 0) is 62.1 Å². The van der Waals surface area contributed by atoms with Crippen LogP contribution < -0.4 is 15.0 Å². The molecule has 3 aromatic rings. The molecular formula is C28H28ClFN6O3. The first-order chi connectivity index (χ1) is 18.6. The average Bonchev–Trinajstić information content (AvgIpc) is 2.92. The molecule has 0 aliphatic heterocycles. The maximum Gasteiger partial charge on any atom is 0.334 e. The van der Waals surface area contributed by atoms with E-state index in [1.807, 2.05) is 26.0 Å². The highest BCUT2D eigenvalue weighted by molar-refractivity contribution is 6.31. The molecule has 0 saturated heterocycles. The zero-order valence-corrected chi connectivity index (χ0v) is 22.7. The number of carbonyl (C=O) groups excluding carboxylic acids is 2. The number of pyridine rings is 1. The van der Waals surface area contributed by atoms with Gasteiger partial charge in [0.05, 0.1) is 19.0 Å². The van der Waals surface area contributed by atoms with Crippen LogP contribution >= 0.6 is 11.6 Å². The van der Waals surface area contributed by atoms with Gasteiger partial charge in [0, 0.05) is 42.5 Å². The van der Waals surface area contributed by atoms with Gasteiger partial charge in [0.25, 0.3) is 5.91 Å². The Labute approximate surface area is 231 Å². The number of urea groups is 1. The van der Waals surface area contributed by atoms with Crippen molar-refractivity contribution >= 4 is 41.3 Å². The van der Waals surface area contributed by atoms with E-state index in [0.717, 1.165) is 11.4 Å². The Morgan fingerprint density at radius 2 is 1.92 bits per heavy atom. The molecule has 0 radical (unpaired) electrons. The van der Waals surface area contributed by atoms with Crippen molar-refractivity contribution in [1.29, 1.82) is 0 Å². The number of rotatable bonds is 9. The fourth-order valence-electron chi connectivity index (χ4n) is 3.29. The Morgan fingerprint density at radius 1 is 1.15 bits per heavy atom. The highest BCUT2D eigenvalue weighted by atomic mass is 35.5. The number of terminal acetylenes is 1. The molecule has 0 aliphatic carbocycles. The largest absolute Gasteiger partial charge is 0.497 e. The molecule has 1 N–H and O–H groups in total. The third kappa shape index (κ3) is 8.01. The summed E-state index contributed by atoms with van der Waals surface area (Å²) in [6.45, 7) is 1.50. The van der Waals surface area contributed by atoms with Gasteiger partial charge in [0.15, 0.2) is 0 Å². The van der Waals surface area contributed by atoms with Gasteiger partial charge in [-0.25, -0.2) is 19.1 Å². The topological polar surface area (TPSA) is 90.4 Å². The standard InChI is InChI=1S/C28H28ClFN6O3/c1-6-19-8-10-26(31-17-19)36(27(37)21-14-22(29)16-23(15-21)39-5)28(38)33-25-9-7-20(13-24(25)30)18-32-35(4)12-11-34(2)3/h1,7-10,13-18H,11-12H2,2-5H3,(H,33,38). The predicted molar refractivity (Wildman–Crippen MR) is 151 cm³/mol. The second kappa shape index (κ2) is 13.4. The molecule has 0 spiro atoms. The second-order valence-corrected chi connectivity index (χ2v) is 9.10. The lowest BCUT2D eigenvalue weighted by atomic mass is 10.1. The first kappa shape index (κ1) is 29.1. The minimum Gasteiger partial charge on any atom is -0.497 e. The number of imide groups is 1. The van der Waals surface area contributed by atoms with Crippen LogP contribution in [0.15, 0.2) is 59.8 Å². The predicted octanol–water partition coefficient (Wildman–Crippen LogP) is 4.57. The van der Waals surface area contributed by atoms with Crippen molar-refractivity contribution in [3.8, 4) is 18.1 Å². The number of carbonyl (C=O) groups is 2. The summed E-state index contributed by atoms with van der Waals surface area (Å²) in [5.74, 6) is 1.23. The Bertz CT molecular complexity index is 1410. The number of hydrogen-bond donors (Lipinski definition) is 1. The first-order valence-electron chi connectivity index (χ1n) is 11.7. The van der Waals surface area contributed by atoms with Crippen LogP contribution in [-0.4, -0.2) is 74.4 Å². The van der Waals surface area contributed by atoms with Crippen molar-refractivity contribution in [2.45, 2.75) is 0 Å². The SMILES string of the molecule is C#Cc1ccc(N(C(=O)Nc2ccc(C=NN(C)CCN(C)C)cc2F)C(=O)c2cc(Cl)cc(OC)c2)nc1. The molecule has 39 heavy (non-hydrogen) atoms. The lowest BCUT2D eigenvalue weighted by molar-refractivity contribution is 0.0994. The molecule has 202 valence electrons. The number of methoxy groups -OCH3 is 1. The number of halogens is 2. The minimum absolute atomic E-state index is 0.0274. The summed E-state index contributed by atoms with van der Waals surface area (Å²) in [5.41, 5.74) is 0.863.